The number of hydrogen-bond donors (Lipinski definition) is 0. The fourth-order valence-electron chi connectivity index (χ4n) is 2.77. The van der Waals surface area contributed by atoms with Crippen molar-refractivity contribution in [2.75, 3.05) is 18.1 Å². The second-order valence-electron chi connectivity index (χ2n) is 5.29. The van der Waals surface area contributed by atoms with Gasteiger partial charge in [-0.15, -0.1) is 23.5 Å². The third-order valence-corrected chi connectivity index (χ3v) is 6.95. The molecular formula is C14H27NS2. The average Bonchev–Trinajstić information content (AvgIpc) is 2.92. The van der Waals surface area contributed by atoms with E-state index in [4.69, 9.17) is 0 Å². The Kier molecular flexibility index (Phi) is 6.59. The van der Waals surface area contributed by atoms with E-state index >= 15 is 0 Å². The number of unbranched alkanes of at least 4 members (excludes halogenated alkanes) is 7. The molecule has 0 radical (unpaired) electrons. The van der Waals surface area contributed by atoms with E-state index < -0.39 is 0 Å². The zero-order chi connectivity index (χ0) is 11.9. The summed E-state index contributed by atoms with van der Waals surface area (Å²) in [5.41, 5.74) is 0. The van der Waals surface area contributed by atoms with E-state index in [0.717, 1.165) is 10.7 Å². The first-order valence-electron chi connectivity index (χ1n) is 7.40. The number of hydrogen-bond acceptors (Lipinski definition) is 3. The van der Waals surface area contributed by atoms with Gasteiger partial charge in [0, 0.05) is 18.1 Å². The maximum absolute atomic E-state index is 2.76. The van der Waals surface area contributed by atoms with E-state index in [1.807, 2.05) is 0 Å². The molecule has 2 fully saturated rings. The Morgan fingerprint density at radius 1 is 0.824 bits per heavy atom. The third kappa shape index (κ3) is 4.36. The average molecular weight is 274 g/mol. The van der Waals surface area contributed by atoms with Crippen molar-refractivity contribution in [3.05, 3.63) is 0 Å². The topological polar surface area (TPSA) is 3.24 Å². The Labute approximate surface area is 115 Å². The highest BCUT2D eigenvalue weighted by atomic mass is 32.2. The maximum Gasteiger partial charge on any atom is 0.0659 e. The summed E-state index contributed by atoms with van der Waals surface area (Å²) in [5, 5.41) is 1.74. The molecule has 0 saturated carbocycles. The standard InChI is InChI=1S/C14H27NS2/c1-2-3-4-5-6-7-8-9-10-15-13-11-16-14(15)12-17-13/h13-14H,2-12H2,1H3. The van der Waals surface area contributed by atoms with Gasteiger partial charge < -0.3 is 0 Å². The molecule has 2 aliphatic heterocycles. The Hall–Kier alpha value is 0.660. The Morgan fingerprint density at radius 2 is 1.35 bits per heavy atom. The van der Waals surface area contributed by atoms with Crippen molar-refractivity contribution in [3.8, 4) is 0 Å². The van der Waals surface area contributed by atoms with Crippen molar-refractivity contribution in [1.29, 1.82) is 0 Å². The fraction of sp³-hybridized carbons (Fsp3) is 1.00. The van der Waals surface area contributed by atoms with Gasteiger partial charge in [0.15, 0.2) is 0 Å². The summed E-state index contributed by atoms with van der Waals surface area (Å²) in [7, 11) is 0. The van der Waals surface area contributed by atoms with E-state index in [9.17, 15) is 0 Å². The van der Waals surface area contributed by atoms with Crippen LogP contribution in [-0.4, -0.2) is 33.7 Å². The molecule has 0 N–H and O–H groups in total. The van der Waals surface area contributed by atoms with Crippen LogP contribution < -0.4 is 0 Å². The zero-order valence-electron chi connectivity index (χ0n) is 11.2. The van der Waals surface area contributed by atoms with Crippen LogP contribution in [-0.2, 0) is 0 Å². The molecule has 0 aromatic heterocycles. The van der Waals surface area contributed by atoms with Gasteiger partial charge in [0.25, 0.3) is 0 Å². The minimum Gasteiger partial charge on any atom is -0.278 e. The first-order valence-corrected chi connectivity index (χ1v) is 9.50. The SMILES string of the molecule is CCCCCCCCCCN1C2CSC1CS2. The van der Waals surface area contributed by atoms with E-state index in [1.54, 1.807) is 0 Å². The predicted octanol–water partition coefficient (Wildman–Crippen LogP) is 4.57. The Morgan fingerprint density at radius 3 is 1.88 bits per heavy atom. The number of rotatable bonds is 9. The minimum atomic E-state index is 0.870. The van der Waals surface area contributed by atoms with Gasteiger partial charge in [-0.05, 0) is 6.42 Å². The molecule has 17 heavy (non-hydrogen) atoms. The molecule has 2 atom stereocenters. The quantitative estimate of drug-likeness (QED) is 0.566. The van der Waals surface area contributed by atoms with Gasteiger partial charge in [-0.1, -0.05) is 51.9 Å². The van der Waals surface area contributed by atoms with Crippen LogP contribution in [0.25, 0.3) is 0 Å². The number of fused-ring (bicyclic) bond motifs is 2. The minimum absolute atomic E-state index is 0.870. The smallest absolute Gasteiger partial charge is 0.0659 e. The Bertz CT molecular complexity index is 190. The molecule has 0 aliphatic carbocycles. The lowest BCUT2D eigenvalue weighted by Crippen LogP contribution is -2.29. The fourth-order valence-corrected chi connectivity index (χ4v) is 6.13. The second kappa shape index (κ2) is 7.96. The van der Waals surface area contributed by atoms with E-state index in [-0.39, 0.29) is 0 Å². The molecule has 2 saturated heterocycles. The molecule has 2 heterocycles. The van der Waals surface area contributed by atoms with Crippen LogP contribution in [0, 0.1) is 0 Å². The zero-order valence-corrected chi connectivity index (χ0v) is 12.8. The summed E-state index contributed by atoms with van der Waals surface area (Å²) in [4.78, 5) is 2.76. The second-order valence-corrected chi connectivity index (χ2v) is 7.71. The molecule has 100 valence electrons. The van der Waals surface area contributed by atoms with Crippen molar-refractivity contribution in [3.63, 3.8) is 0 Å². The highest BCUT2D eigenvalue weighted by Gasteiger charge is 2.39. The van der Waals surface area contributed by atoms with Crippen LogP contribution in [0.3, 0.4) is 0 Å². The van der Waals surface area contributed by atoms with Crippen LogP contribution in [0.5, 0.6) is 0 Å². The monoisotopic (exact) mass is 273 g/mol. The number of nitrogens with zero attached hydrogens (tertiary/aromatic N) is 1. The summed E-state index contributed by atoms with van der Waals surface area (Å²) in [6.07, 6.45) is 11.6. The van der Waals surface area contributed by atoms with E-state index in [2.05, 4.69) is 35.3 Å². The highest BCUT2D eigenvalue weighted by molar-refractivity contribution is 8.07. The van der Waals surface area contributed by atoms with Gasteiger partial charge in [0.05, 0.1) is 10.7 Å². The maximum atomic E-state index is 2.76. The van der Waals surface area contributed by atoms with Crippen molar-refractivity contribution in [2.24, 2.45) is 0 Å². The molecular weight excluding hydrogens is 246 g/mol. The summed E-state index contributed by atoms with van der Waals surface area (Å²) in [6, 6.07) is 0. The van der Waals surface area contributed by atoms with E-state index in [1.165, 1.54) is 69.4 Å². The molecule has 0 spiro atoms. The molecule has 0 amide bonds. The van der Waals surface area contributed by atoms with Crippen LogP contribution in [0.15, 0.2) is 0 Å². The molecule has 1 nitrogen and oxygen atoms in total. The van der Waals surface area contributed by atoms with Crippen LogP contribution in [0.4, 0.5) is 0 Å². The molecule has 0 aromatic rings. The van der Waals surface area contributed by atoms with Crippen molar-refractivity contribution in [1.82, 2.24) is 4.90 Å². The first-order chi connectivity index (χ1) is 8.42. The summed E-state index contributed by atoms with van der Waals surface area (Å²) in [6.45, 7) is 3.66. The van der Waals surface area contributed by atoms with Crippen molar-refractivity contribution < 1.29 is 0 Å². The van der Waals surface area contributed by atoms with Gasteiger partial charge in [0.2, 0.25) is 0 Å². The molecule has 2 bridgehead atoms. The van der Waals surface area contributed by atoms with Gasteiger partial charge in [-0.2, -0.15) is 0 Å². The normalized spacial score (nSPS) is 28.1. The van der Waals surface area contributed by atoms with E-state index in [0.29, 0.717) is 0 Å². The number of thioether (sulfide) groups is 2. The van der Waals surface area contributed by atoms with Crippen molar-refractivity contribution in [2.45, 2.75) is 69.0 Å². The summed E-state index contributed by atoms with van der Waals surface area (Å²) in [5.74, 6) is 2.76. The van der Waals surface area contributed by atoms with Gasteiger partial charge >= 0.3 is 0 Å². The van der Waals surface area contributed by atoms with Crippen LogP contribution >= 0.6 is 23.5 Å². The molecule has 2 unspecified atom stereocenters. The lowest BCUT2D eigenvalue weighted by molar-refractivity contribution is 0.288. The summed E-state index contributed by atoms with van der Waals surface area (Å²) >= 11 is 4.37. The molecule has 2 rings (SSSR count). The predicted molar refractivity (Wildman–Crippen MR) is 81.8 cm³/mol. The van der Waals surface area contributed by atoms with Crippen LogP contribution in [0.1, 0.15) is 58.3 Å². The lowest BCUT2D eigenvalue weighted by Gasteiger charge is -2.19. The van der Waals surface area contributed by atoms with Crippen molar-refractivity contribution >= 4 is 23.5 Å². The molecule has 0 aromatic carbocycles. The molecule has 2 aliphatic rings. The highest BCUT2D eigenvalue weighted by Crippen LogP contribution is 2.43. The lowest BCUT2D eigenvalue weighted by atomic mass is 10.1. The van der Waals surface area contributed by atoms with Gasteiger partial charge in [-0.3, -0.25) is 4.90 Å². The summed E-state index contributed by atoms with van der Waals surface area (Å²) < 4.78 is 0. The van der Waals surface area contributed by atoms with Gasteiger partial charge in [0.1, 0.15) is 0 Å². The third-order valence-electron chi connectivity index (χ3n) is 3.87. The first kappa shape index (κ1) is 14.1. The molecule has 3 heteroatoms. The Balaban J connectivity index is 1.42. The largest absolute Gasteiger partial charge is 0.278 e. The van der Waals surface area contributed by atoms with Gasteiger partial charge in [-0.25, -0.2) is 0 Å². The van der Waals surface area contributed by atoms with Crippen LogP contribution in [0.2, 0.25) is 0 Å².